The number of aryl methyl sites for hydroxylation is 2. The summed E-state index contributed by atoms with van der Waals surface area (Å²) in [5.41, 5.74) is 5.02. The van der Waals surface area contributed by atoms with Crippen molar-refractivity contribution in [3.05, 3.63) is 64.7 Å². The van der Waals surface area contributed by atoms with E-state index in [-0.39, 0.29) is 5.91 Å². The minimum atomic E-state index is -0.287. The van der Waals surface area contributed by atoms with Crippen LogP contribution in [0.1, 0.15) is 21.9 Å². The number of pyridine rings is 1. The van der Waals surface area contributed by atoms with Crippen molar-refractivity contribution in [3.8, 4) is 0 Å². The monoisotopic (exact) mass is 299 g/mol. The maximum atomic E-state index is 12.4. The Hall–Kier alpha value is -2.33. The van der Waals surface area contributed by atoms with Crippen LogP contribution in [-0.2, 0) is 0 Å². The Bertz CT molecular complexity index is 819. The van der Waals surface area contributed by atoms with Gasteiger partial charge in [-0.3, -0.25) is 14.9 Å². The molecule has 2 aromatic heterocycles. The third kappa shape index (κ3) is 2.50. The van der Waals surface area contributed by atoms with Gasteiger partial charge in [0.05, 0.1) is 0 Å². The van der Waals surface area contributed by atoms with Gasteiger partial charge in [0.25, 0.3) is 5.91 Å². The van der Waals surface area contributed by atoms with Crippen LogP contribution in [0.15, 0.2) is 42.5 Å². The fourth-order valence-corrected chi connectivity index (χ4v) is 2.54. The van der Waals surface area contributed by atoms with E-state index in [4.69, 9.17) is 11.6 Å². The average molecular weight is 300 g/mol. The number of hydrogen-bond acceptors (Lipinski definition) is 2. The molecule has 0 aliphatic rings. The van der Waals surface area contributed by atoms with Crippen LogP contribution in [-0.4, -0.2) is 15.6 Å². The molecule has 3 rings (SSSR count). The molecule has 0 atom stereocenters. The summed E-state index contributed by atoms with van der Waals surface area (Å²) in [5.74, 6) is -0.287. The number of amides is 1. The molecule has 0 aliphatic heterocycles. The lowest BCUT2D eigenvalue weighted by atomic mass is 10.1. The Labute approximate surface area is 127 Å². The van der Waals surface area contributed by atoms with Gasteiger partial charge < -0.3 is 0 Å². The summed E-state index contributed by atoms with van der Waals surface area (Å²) in [7, 11) is 0. The van der Waals surface area contributed by atoms with Crippen molar-refractivity contribution in [1.82, 2.24) is 9.66 Å². The first kappa shape index (κ1) is 13.6. The highest BCUT2D eigenvalue weighted by molar-refractivity contribution is 6.34. The molecule has 1 amide bonds. The molecule has 3 aromatic rings. The molecule has 0 aliphatic carbocycles. The van der Waals surface area contributed by atoms with Crippen molar-refractivity contribution >= 4 is 28.3 Å². The lowest BCUT2D eigenvalue weighted by Crippen LogP contribution is -2.25. The number of carbonyl (C=O) groups excluding carboxylic acids is 1. The second kappa shape index (κ2) is 5.22. The van der Waals surface area contributed by atoms with Crippen molar-refractivity contribution in [2.75, 3.05) is 5.43 Å². The van der Waals surface area contributed by atoms with Crippen LogP contribution >= 0.6 is 11.6 Å². The van der Waals surface area contributed by atoms with E-state index in [1.54, 1.807) is 10.7 Å². The Morgan fingerprint density at radius 1 is 1.14 bits per heavy atom. The second-order valence-corrected chi connectivity index (χ2v) is 5.27. The number of benzene rings is 1. The lowest BCUT2D eigenvalue weighted by Gasteiger charge is -2.11. The molecule has 106 valence electrons. The number of fused-ring (bicyclic) bond motifs is 1. The Morgan fingerprint density at radius 3 is 2.52 bits per heavy atom. The van der Waals surface area contributed by atoms with E-state index >= 15 is 0 Å². The fourth-order valence-electron chi connectivity index (χ4n) is 2.28. The molecule has 5 heteroatoms. The molecule has 0 unspecified atom stereocenters. The summed E-state index contributed by atoms with van der Waals surface area (Å²) in [6.07, 6.45) is 0. The molecule has 4 nitrogen and oxygen atoms in total. The number of nitrogens with one attached hydrogen (secondary N) is 1. The first-order valence-corrected chi connectivity index (χ1v) is 6.95. The van der Waals surface area contributed by atoms with E-state index < -0.39 is 0 Å². The van der Waals surface area contributed by atoms with Gasteiger partial charge >= 0.3 is 0 Å². The predicted octanol–water partition coefficient (Wildman–Crippen LogP) is 3.69. The molecular weight excluding hydrogens is 286 g/mol. The molecule has 0 radical (unpaired) electrons. The minimum absolute atomic E-state index is 0.287. The third-order valence-corrected chi connectivity index (χ3v) is 3.70. The number of nitrogens with zero attached hydrogens (tertiary/aromatic N) is 2. The molecule has 0 fully saturated rings. The van der Waals surface area contributed by atoms with E-state index in [1.165, 1.54) is 0 Å². The van der Waals surface area contributed by atoms with Gasteiger partial charge in [-0.25, -0.2) is 4.98 Å². The first-order chi connectivity index (χ1) is 10.1. The van der Waals surface area contributed by atoms with Gasteiger partial charge in [-0.1, -0.05) is 35.9 Å². The summed E-state index contributed by atoms with van der Waals surface area (Å²) in [4.78, 5) is 16.5. The highest BCUT2D eigenvalue weighted by Gasteiger charge is 2.12. The zero-order valence-corrected chi connectivity index (χ0v) is 12.5. The van der Waals surface area contributed by atoms with Crippen LogP contribution in [0.5, 0.6) is 0 Å². The minimum Gasteiger partial charge on any atom is -0.266 e. The van der Waals surface area contributed by atoms with Crippen LogP contribution in [0, 0.1) is 13.8 Å². The van der Waals surface area contributed by atoms with E-state index in [0.717, 1.165) is 22.2 Å². The van der Waals surface area contributed by atoms with E-state index in [1.807, 2.05) is 50.2 Å². The Kier molecular flexibility index (Phi) is 3.39. The Morgan fingerprint density at radius 2 is 1.81 bits per heavy atom. The summed E-state index contributed by atoms with van der Waals surface area (Å²) >= 11 is 6.15. The summed E-state index contributed by atoms with van der Waals surface area (Å²) < 4.78 is 1.73. The zero-order valence-electron chi connectivity index (χ0n) is 11.7. The van der Waals surface area contributed by atoms with Gasteiger partial charge in [-0.15, -0.1) is 0 Å². The van der Waals surface area contributed by atoms with Gasteiger partial charge in [-0.05, 0) is 37.4 Å². The van der Waals surface area contributed by atoms with E-state index in [0.29, 0.717) is 10.8 Å². The SMILES string of the molecule is Cc1ccc(C)n1NC(=O)c1cc2ccccc2c(Cl)n1. The highest BCUT2D eigenvalue weighted by atomic mass is 35.5. The molecule has 0 saturated carbocycles. The first-order valence-electron chi connectivity index (χ1n) is 6.58. The quantitative estimate of drug-likeness (QED) is 0.734. The van der Waals surface area contributed by atoms with Crippen molar-refractivity contribution in [2.24, 2.45) is 0 Å². The largest absolute Gasteiger partial charge is 0.288 e. The molecule has 1 N–H and O–H groups in total. The maximum Gasteiger partial charge on any atom is 0.288 e. The van der Waals surface area contributed by atoms with Gasteiger partial charge in [0.15, 0.2) is 0 Å². The van der Waals surface area contributed by atoms with Gasteiger partial charge in [-0.2, -0.15) is 0 Å². The van der Waals surface area contributed by atoms with Crippen molar-refractivity contribution in [3.63, 3.8) is 0 Å². The van der Waals surface area contributed by atoms with Crippen molar-refractivity contribution in [2.45, 2.75) is 13.8 Å². The fraction of sp³-hybridized carbons (Fsp3) is 0.125. The highest BCUT2D eigenvalue weighted by Crippen LogP contribution is 2.22. The zero-order chi connectivity index (χ0) is 15.0. The third-order valence-electron chi connectivity index (χ3n) is 3.41. The van der Waals surface area contributed by atoms with Crippen LogP contribution in [0.2, 0.25) is 5.15 Å². The summed E-state index contributed by atoms with van der Waals surface area (Å²) in [6, 6.07) is 13.2. The number of halogens is 1. The molecule has 1 aromatic carbocycles. The maximum absolute atomic E-state index is 12.4. The number of carbonyl (C=O) groups is 1. The summed E-state index contributed by atoms with van der Waals surface area (Å²) in [5, 5.41) is 2.06. The van der Waals surface area contributed by atoms with Gasteiger partial charge in [0, 0.05) is 16.8 Å². The van der Waals surface area contributed by atoms with Gasteiger partial charge in [0.2, 0.25) is 0 Å². The Balaban J connectivity index is 1.99. The number of rotatable bonds is 2. The lowest BCUT2D eigenvalue weighted by molar-refractivity contribution is 0.100. The number of aromatic nitrogens is 2. The van der Waals surface area contributed by atoms with Crippen LogP contribution in [0.25, 0.3) is 10.8 Å². The normalized spacial score (nSPS) is 10.8. The molecule has 0 bridgehead atoms. The van der Waals surface area contributed by atoms with Crippen LogP contribution < -0.4 is 5.43 Å². The standard InChI is InChI=1S/C16H14ClN3O/c1-10-7-8-11(2)20(10)19-16(21)14-9-12-5-3-4-6-13(12)15(17)18-14/h3-9H,1-2H3,(H,19,21). The van der Waals surface area contributed by atoms with Crippen LogP contribution in [0.3, 0.4) is 0 Å². The molecule has 0 saturated heterocycles. The van der Waals surface area contributed by atoms with Crippen LogP contribution in [0.4, 0.5) is 0 Å². The number of hydrogen-bond donors (Lipinski definition) is 1. The molecule has 21 heavy (non-hydrogen) atoms. The molecule has 2 heterocycles. The average Bonchev–Trinajstić information content (AvgIpc) is 2.79. The van der Waals surface area contributed by atoms with Gasteiger partial charge in [0.1, 0.15) is 10.8 Å². The van der Waals surface area contributed by atoms with E-state index in [9.17, 15) is 4.79 Å². The van der Waals surface area contributed by atoms with E-state index in [2.05, 4.69) is 10.4 Å². The smallest absolute Gasteiger partial charge is 0.266 e. The topological polar surface area (TPSA) is 46.9 Å². The van der Waals surface area contributed by atoms with Crippen molar-refractivity contribution < 1.29 is 4.79 Å². The second-order valence-electron chi connectivity index (χ2n) is 4.91. The summed E-state index contributed by atoms with van der Waals surface area (Å²) in [6.45, 7) is 3.85. The van der Waals surface area contributed by atoms with Crippen molar-refractivity contribution in [1.29, 1.82) is 0 Å². The molecular formula is C16H14ClN3O. The predicted molar refractivity (Wildman–Crippen MR) is 84.4 cm³/mol. The molecule has 0 spiro atoms.